The molecule has 116 valence electrons. The number of hydrogen-bond acceptors (Lipinski definition) is 3. The van der Waals surface area contributed by atoms with Crippen molar-refractivity contribution in [1.82, 2.24) is 10.6 Å². The quantitative estimate of drug-likeness (QED) is 0.771. The van der Waals surface area contributed by atoms with Gasteiger partial charge >= 0.3 is 0 Å². The molecular formula is C17H20N2O3. The predicted octanol–water partition coefficient (Wildman–Crippen LogP) is 2.39. The minimum absolute atomic E-state index is 0.143. The molecule has 0 bridgehead atoms. The first kappa shape index (κ1) is 15.8. The summed E-state index contributed by atoms with van der Waals surface area (Å²) >= 11 is 0. The van der Waals surface area contributed by atoms with E-state index < -0.39 is 0 Å². The number of hydrogen-bond donors (Lipinski definition) is 2. The average Bonchev–Trinajstić information content (AvgIpc) is 3.06. The Morgan fingerprint density at radius 3 is 2.27 bits per heavy atom. The normalized spacial score (nSPS) is 10.2. The Balaban J connectivity index is 1.72. The van der Waals surface area contributed by atoms with E-state index in [1.165, 1.54) is 11.8 Å². The van der Waals surface area contributed by atoms with Gasteiger partial charge in [-0.2, -0.15) is 0 Å². The summed E-state index contributed by atoms with van der Waals surface area (Å²) in [5, 5.41) is 5.44. The molecule has 0 unspecified atom stereocenters. The molecule has 0 aliphatic carbocycles. The molecule has 2 N–H and O–H groups in total. The van der Waals surface area contributed by atoms with Crippen molar-refractivity contribution < 1.29 is 14.0 Å². The second kappa shape index (κ2) is 8.02. The van der Waals surface area contributed by atoms with E-state index in [2.05, 4.69) is 17.6 Å². The lowest BCUT2D eigenvalue weighted by molar-refractivity contribution is 0.0910. The average molecular weight is 300 g/mol. The van der Waals surface area contributed by atoms with E-state index in [0.29, 0.717) is 18.7 Å². The highest BCUT2D eigenvalue weighted by atomic mass is 16.3. The summed E-state index contributed by atoms with van der Waals surface area (Å²) < 4.78 is 4.97. The maximum absolute atomic E-state index is 11.9. The zero-order valence-corrected chi connectivity index (χ0v) is 12.6. The third kappa shape index (κ3) is 4.48. The van der Waals surface area contributed by atoms with E-state index >= 15 is 0 Å². The fourth-order valence-corrected chi connectivity index (χ4v) is 2.06. The Labute approximate surface area is 129 Å². The lowest BCUT2D eigenvalue weighted by Crippen LogP contribution is -2.34. The number of carbonyl (C=O) groups excluding carboxylic acids is 2. The van der Waals surface area contributed by atoms with Crippen molar-refractivity contribution in [3.05, 3.63) is 59.5 Å². The van der Waals surface area contributed by atoms with Gasteiger partial charge < -0.3 is 15.1 Å². The summed E-state index contributed by atoms with van der Waals surface area (Å²) in [7, 11) is 0. The molecule has 5 heteroatoms. The second-order valence-corrected chi connectivity index (χ2v) is 4.94. The summed E-state index contributed by atoms with van der Waals surface area (Å²) in [6.45, 7) is 2.83. The van der Waals surface area contributed by atoms with Gasteiger partial charge in [-0.05, 0) is 36.2 Å². The molecule has 1 aromatic carbocycles. The van der Waals surface area contributed by atoms with E-state index in [1.807, 2.05) is 24.3 Å². The van der Waals surface area contributed by atoms with Gasteiger partial charge in [0.2, 0.25) is 0 Å². The van der Waals surface area contributed by atoms with Crippen molar-refractivity contribution >= 4 is 11.8 Å². The molecule has 0 aliphatic heterocycles. The Bertz CT molecular complexity index is 603. The van der Waals surface area contributed by atoms with Crippen LogP contribution in [0.2, 0.25) is 0 Å². The Morgan fingerprint density at radius 1 is 1.00 bits per heavy atom. The van der Waals surface area contributed by atoms with Crippen LogP contribution < -0.4 is 10.6 Å². The fourth-order valence-electron chi connectivity index (χ4n) is 2.06. The monoisotopic (exact) mass is 300 g/mol. The van der Waals surface area contributed by atoms with Crippen LogP contribution in [0, 0.1) is 0 Å². The molecule has 0 spiro atoms. The number of benzene rings is 1. The summed E-state index contributed by atoms with van der Waals surface area (Å²) in [5.41, 5.74) is 1.85. The first-order valence-electron chi connectivity index (χ1n) is 7.39. The van der Waals surface area contributed by atoms with E-state index in [1.54, 1.807) is 12.1 Å². The van der Waals surface area contributed by atoms with Crippen molar-refractivity contribution in [2.45, 2.75) is 19.8 Å². The second-order valence-electron chi connectivity index (χ2n) is 4.94. The van der Waals surface area contributed by atoms with Gasteiger partial charge in [-0.25, -0.2) is 0 Å². The predicted molar refractivity (Wildman–Crippen MR) is 83.8 cm³/mol. The van der Waals surface area contributed by atoms with Crippen LogP contribution in [0.5, 0.6) is 0 Å². The molecule has 1 heterocycles. The number of furan rings is 1. The van der Waals surface area contributed by atoms with E-state index in [-0.39, 0.29) is 17.6 Å². The molecule has 5 nitrogen and oxygen atoms in total. The maximum atomic E-state index is 11.9. The van der Waals surface area contributed by atoms with Crippen LogP contribution in [-0.2, 0) is 6.42 Å². The van der Waals surface area contributed by atoms with E-state index in [9.17, 15) is 9.59 Å². The first-order chi connectivity index (χ1) is 10.7. The maximum Gasteiger partial charge on any atom is 0.287 e. The molecule has 0 fully saturated rings. The van der Waals surface area contributed by atoms with Crippen molar-refractivity contribution in [3.63, 3.8) is 0 Å². The smallest absolute Gasteiger partial charge is 0.287 e. The van der Waals surface area contributed by atoms with Crippen molar-refractivity contribution in [2.24, 2.45) is 0 Å². The van der Waals surface area contributed by atoms with Crippen LogP contribution >= 0.6 is 0 Å². The summed E-state index contributed by atoms with van der Waals surface area (Å²) in [4.78, 5) is 23.5. The molecular weight excluding hydrogens is 280 g/mol. The molecule has 22 heavy (non-hydrogen) atoms. The van der Waals surface area contributed by atoms with Crippen LogP contribution in [-0.4, -0.2) is 24.9 Å². The topological polar surface area (TPSA) is 71.3 Å². The van der Waals surface area contributed by atoms with Crippen LogP contribution in [0.3, 0.4) is 0 Å². The number of nitrogens with one attached hydrogen (secondary N) is 2. The number of carbonyl (C=O) groups is 2. The van der Waals surface area contributed by atoms with Gasteiger partial charge in [-0.1, -0.05) is 25.5 Å². The van der Waals surface area contributed by atoms with Gasteiger partial charge in [0.05, 0.1) is 6.26 Å². The standard InChI is InChI=1S/C17H20N2O3/c1-2-4-13-6-8-14(9-7-13)16(20)18-10-11-19-17(21)15-5-3-12-22-15/h3,5-9,12H,2,4,10-11H2,1H3,(H,18,20)(H,19,21). The highest BCUT2D eigenvalue weighted by Gasteiger charge is 2.08. The highest BCUT2D eigenvalue weighted by Crippen LogP contribution is 2.06. The summed E-state index contributed by atoms with van der Waals surface area (Å²) in [5.74, 6) is -0.170. The number of rotatable bonds is 7. The first-order valence-corrected chi connectivity index (χ1v) is 7.39. The minimum atomic E-state index is -0.289. The third-order valence-corrected chi connectivity index (χ3v) is 3.20. The molecule has 2 aromatic rings. The molecule has 0 saturated carbocycles. The molecule has 0 aliphatic rings. The van der Waals surface area contributed by atoms with Gasteiger partial charge in [-0.15, -0.1) is 0 Å². The SMILES string of the molecule is CCCc1ccc(C(=O)NCCNC(=O)c2ccco2)cc1. The largest absolute Gasteiger partial charge is 0.459 e. The minimum Gasteiger partial charge on any atom is -0.459 e. The lowest BCUT2D eigenvalue weighted by Gasteiger charge is -2.07. The highest BCUT2D eigenvalue weighted by molar-refractivity contribution is 5.94. The van der Waals surface area contributed by atoms with Gasteiger partial charge in [0.15, 0.2) is 5.76 Å². The molecule has 2 rings (SSSR count). The molecule has 2 amide bonds. The van der Waals surface area contributed by atoms with Gasteiger partial charge in [0.25, 0.3) is 11.8 Å². The Hall–Kier alpha value is -2.56. The van der Waals surface area contributed by atoms with Crippen LogP contribution in [0.4, 0.5) is 0 Å². The molecule has 0 radical (unpaired) electrons. The lowest BCUT2D eigenvalue weighted by atomic mass is 10.1. The molecule has 0 saturated heterocycles. The van der Waals surface area contributed by atoms with Crippen LogP contribution in [0.25, 0.3) is 0 Å². The Morgan fingerprint density at radius 2 is 1.68 bits per heavy atom. The van der Waals surface area contributed by atoms with E-state index in [4.69, 9.17) is 4.42 Å². The zero-order chi connectivity index (χ0) is 15.8. The Kier molecular flexibility index (Phi) is 5.77. The number of amides is 2. The van der Waals surface area contributed by atoms with Crippen molar-refractivity contribution in [2.75, 3.05) is 13.1 Å². The molecule has 1 aromatic heterocycles. The fraction of sp³-hybridized carbons (Fsp3) is 0.294. The van der Waals surface area contributed by atoms with E-state index in [0.717, 1.165) is 12.8 Å². The van der Waals surface area contributed by atoms with Gasteiger partial charge in [0.1, 0.15) is 0 Å². The zero-order valence-electron chi connectivity index (χ0n) is 12.6. The van der Waals surface area contributed by atoms with Crippen molar-refractivity contribution in [1.29, 1.82) is 0 Å². The number of aryl methyl sites for hydroxylation is 1. The van der Waals surface area contributed by atoms with Crippen LogP contribution in [0.15, 0.2) is 47.1 Å². The summed E-state index contributed by atoms with van der Waals surface area (Å²) in [6.07, 6.45) is 3.54. The van der Waals surface area contributed by atoms with Crippen LogP contribution in [0.1, 0.15) is 39.8 Å². The molecule has 0 atom stereocenters. The third-order valence-electron chi connectivity index (χ3n) is 3.20. The van der Waals surface area contributed by atoms with Crippen molar-refractivity contribution in [3.8, 4) is 0 Å². The van der Waals surface area contributed by atoms with Gasteiger partial charge in [0, 0.05) is 18.7 Å². The summed E-state index contributed by atoms with van der Waals surface area (Å²) in [6, 6.07) is 10.8. The van der Waals surface area contributed by atoms with Gasteiger partial charge in [-0.3, -0.25) is 9.59 Å².